The second-order valence-corrected chi connectivity index (χ2v) is 4.41. The maximum Gasteiger partial charge on any atom is 0.358 e. The van der Waals surface area contributed by atoms with Crippen LogP contribution >= 0.6 is 0 Å². The van der Waals surface area contributed by atoms with Crippen molar-refractivity contribution in [2.24, 2.45) is 0 Å². The zero-order valence-corrected chi connectivity index (χ0v) is 11.3. The highest BCUT2D eigenvalue weighted by Gasteiger charge is 2.14. The molecular weight excluding hydrogens is 256 g/mol. The Labute approximate surface area is 116 Å². The van der Waals surface area contributed by atoms with Crippen LogP contribution in [-0.4, -0.2) is 28.3 Å². The molecule has 0 N–H and O–H groups in total. The van der Waals surface area contributed by atoms with Crippen LogP contribution in [0.15, 0.2) is 36.8 Å². The zero-order valence-electron chi connectivity index (χ0n) is 11.3. The molecule has 0 aliphatic heterocycles. The topological polar surface area (TPSA) is 69.2 Å². The Bertz CT molecular complexity index is 639. The van der Waals surface area contributed by atoms with Crippen molar-refractivity contribution in [1.29, 1.82) is 0 Å². The van der Waals surface area contributed by atoms with E-state index in [1.54, 1.807) is 6.07 Å². The molecule has 20 heavy (non-hydrogen) atoms. The highest BCUT2D eigenvalue weighted by molar-refractivity contribution is 6.00. The van der Waals surface area contributed by atoms with Gasteiger partial charge in [-0.2, -0.15) is 0 Å². The van der Waals surface area contributed by atoms with E-state index in [4.69, 9.17) is 4.74 Å². The normalized spacial score (nSPS) is 10.1. The van der Waals surface area contributed by atoms with E-state index in [0.29, 0.717) is 5.56 Å². The quantitative estimate of drug-likeness (QED) is 0.629. The van der Waals surface area contributed by atoms with Crippen molar-refractivity contribution in [3.63, 3.8) is 0 Å². The summed E-state index contributed by atoms with van der Waals surface area (Å²) >= 11 is 0. The Balaban J connectivity index is 2.02. The SMILES string of the molecule is Cc1ccc(C)c(C(=O)COC(=O)c2cnccn2)c1. The van der Waals surface area contributed by atoms with Gasteiger partial charge in [0.1, 0.15) is 0 Å². The van der Waals surface area contributed by atoms with E-state index in [1.807, 2.05) is 26.0 Å². The van der Waals surface area contributed by atoms with Crippen LogP contribution in [0.4, 0.5) is 0 Å². The number of hydrogen-bond acceptors (Lipinski definition) is 5. The van der Waals surface area contributed by atoms with Crippen molar-refractivity contribution in [3.8, 4) is 0 Å². The van der Waals surface area contributed by atoms with Gasteiger partial charge < -0.3 is 4.74 Å². The van der Waals surface area contributed by atoms with Gasteiger partial charge in [0.25, 0.3) is 0 Å². The third kappa shape index (κ3) is 3.26. The summed E-state index contributed by atoms with van der Waals surface area (Å²) in [6.07, 6.45) is 4.14. The van der Waals surface area contributed by atoms with Crippen molar-refractivity contribution >= 4 is 11.8 Å². The summed E-state index contributed by atoms with van der Waals surface area (Å²) in [7, 11) is 0. The monoisotopic (exact) mass is 270 g/mol. The molecule has 0 spiro atoms. The third-order valence-corrected chi connectivity index (χ3v) is 2.80. The highest BCUT2D eigenvalue weighted by Crippen LogP contribution is 2.11. The van der Waals surface area contributed by atoms with Crippen molar-refractivity contribution in [1.82, 2.24) is 9.97 Å². The first kappa shape index (κ1) is 13.9. The lowest BCUT2D eigenvalue weighted by Crippen LogP contribution is -2.16. The number of hydrogen-bond donors (Lipinski definition) is 0. The van der Waals surface area contributed by atoms with Crippen LogP contribution in [0.2, 0.25) is 0 Å². The summed E-state index contributed by atoms with van der Waals surface area (Å²) < 4.78 is 4.95. The Morgan fingerprint density at radius 3 is 2.70 bits per heavy atom. The Morgan fingerprint density at radius 2 is 2.00 bits per heavy atom. The van der Waals surface area contributed by atoms with Crippen LogP contribution in [0.3, 0.4) is 0 Å². The molecule has 1 aromatic carbocycles. The fraction of sp³-hybridized carbons (Fsp3) is 0.200. The predicted octanol–water partition coefficient (Wildman–Crippen LogP) is 2.13. The van der Waals surface area contributed by atoms with Gasteiger partial charge in [0.2, 0.25) is 5.78 Å². The molecule has 1 aromatic heterocycles. The molecule has 0 aliphatic rings. The van der Waals surface area contributed by atoms with Crippen molar-refractivity contribution in [2.75, 3.05) is 6.61 Å². The molecule has 5 nitrogen and oxygen atoms in total. The number of aromatic nitrogens is 2. The molecule has 0 atom stereocenters. The summed E-state index contributed by atoms with van der Waals surface area (Å²) in [5.74, 6) is -0.889. The molecule has 0 saturated carbocycles. The van der Waals surface area contributed by atoms with Crippen molar-refractivity contribution in [3.05, 3.63) is 59.2 Å². The highest BCUT2D eigenvalue weighted by atomic mass is 16.5. The van der Waals surface area contributed by atoms with E-state index < -0.39 is 5.97 Å². The Morgan fingerprint density at radius 1 is 1.20 bits per heavy atom. The van der Waals surface area contributed by atoms with E-state index in [9.17, 15) is 9.59 Å². The molecule has 0 radical (unpaired) electrons. The van der Waals surface area contributed by atoms with E-state index in [1.165, 1.54) is 18.6 Å². The minimum Gasteiger partial charge on any atom is -0.453 e. The lowest BCUT2D eigenvalue weighted by atomic mass is 10.0. The lowest BCUT2D eigenvalue weighted by molar-refractivity contribution is 0.0468. The van der Waals surface area contributed by atoms with Gasteiger partial charge in [-0.3, -0.25) is 9.78 Å². The number of aryl methyl sites for hydroxylation is 2. The Hall–Kier alpha value is -2.56. The van der Waals surface area contributed by atoms with Gasteiger partial charge in [0.05, 0.1) is 6.20 Å². The predicted molar refractivity (Wildman–Crippen MR) is 72.6 cm³/mol. The van der Waals surface area contributed by atoms with E-state index >= 15 is 0 Å². The van der Waals surface area contributed by atoms with Crippen LogP contribution < -0.4 is 0 Å². The van der Waals surface area contributed by atoms with Crippen LogP contribution in [0.25, 0.3) is 0 Å². The molecule has 0 amide bonds. The molecule has 0 aliphatic carbocycles. The number of ketones is 1. The molecule has 0 saturated heterocycles. The van der Waals surface area contributed by atoms with Gasteiger partial charge in [-0.1, -0.05) is 17.7 Å². The first-order chi connectivity index (χ1) is 9.58. The van der Waals surface area contributed by atoms with Crippen molar-refractivity contribution in [2.45, 2.75) is 13.8 Å². The number of ether oxygens (including phenoxy) is 1. The second kappa shape index (κ2) is 6.06. The third-order valence-electron chi connectivity index (χ3n) is 2.80. The number of nitrogens with zero attached hydrogens (tertiary/aromatic N) is 2. The number of rotatable bonds is 4. The van der Waals surface area contributed by atoms with Crippen molar-refractivity contribution < 1.29 is 14.3 Å². The van der Waals surface area contributed by atoms with Gasteiger partial charge in [-0.15, -0.1) is 0 Å². The van der Waals surface area contributed by atoms with Crippen LogP contribution in [0, 0.1) is 13.8 Å². The minimum absolute atomic E-state index is 0.0845. The average molecular weight is 270 g/mol. The zero-order chi connectivity index (χ0) is 14.5. The first-order valence-electron chi connectivity index (χ1n) is 6.11. The van der Waals surface area contributed by atoms with Crippen LogP contribution in [-0.2, 0) is 4.74 Å². The summed E-state index contributed by atoms with van der Waals surface area (Å²) in [6, 6.07) is 5.58. The van der Waals surface area contributed by atoms with Crippen LogP contribution in [0.1, 0.15) is 32.0 Å². The lowest BCUT2D eigenvalue weighted by Gasteiger charge is -2.07. The van der Waals surface area contributed by atoms with Gasteiger partial charge in [-0.05, 0) is 25.5 Å². The second-order valence-electron chi connectivity index (χ2n) is 4.41. The number of esters is 1. The Kier molecular flexibility index (Phi) is 4.20. The molecule has 2 aromatic rings. The molecule has 1 heterocycles. The maximum atomic E-state index is 12.0. The summed E-state index contributed by atoms with van der Waals surface area (Å²) in [5, 5.41) is 0. The standard InChI is InChI=1S/C15H14N2O3/c1-10-3-4-11(2)12(7-10)14(18)9-20-15(19)13-8-16-5-6-17-13/h3-8H,9H2,1-2H3. The summed E-state index contributed by atoms with van der Waals surface area (Å²) in [5.41, 5.74) is 2.49. The average Bonchev–Trinajstić information content (AvgIpc) is 2.47. The molecule has 102 valence electrons. The largest absolute Gasteiger partial charge is 0.453 e. The molecular formula is C15H14N2O3. The van der Waals surface area contributed by atoms with Gasteiger partial charge in [-0.25, -0.2) is 9.78 Å². The van der Waals surface area contributed by atoms with Gasteiger partial charge in [0.15, 0.2) is 12.3 Å². The number of carbonyl (C=O) groups excluding carboxylic acids is 2. The smallest absolute Gasteiger partial charge is 0.358 e. The maximum absolute atomic E-state index is 12.0. The fourth-order valence-corrected chi connectivity index (χ4v) is 1.72. The molecule has 0 fully saturated rings. The van der Waals surface area contributed by atoms with Crippen LogP contribution in [0.5, 0.6) is 0 Å². The molecule has 2 rings (SSSR count). The fourth-order valence-electron chi connectivity index (χ4n) is 1.72. The molecule has 5 heteroatoms. The van der Waals surface area contributed by atoms with E-state index in [0.717, 1.165) is 11.1 Å². The van der Waals surface area contributed by atoms with Gasteiger partial charge in [0, 0.05) is 18.0 Å². The summed E-state index contributed by atoms with van der Waals surface area (Å²) in [4.78, 5) is 31.3. The number of Topliss-reactive ketones (excluding diaryl/α,β-unsaturated/α-hetero) is 1. The molecule has 0 bridgehead atoms. The summed E-state index contributed by atoms with van der Waals surface area (Å²) in [6.45, 7) is 3.44. The molecule has 0 unspecified atom stereocenters. The number of carbonyl (C=O) groups is 2. The number of benzene rings is 1. The van der Waals surface area contributed by atoms with E-state index in [-0.39, 0.29) is 18.1 Å². The first-order valence-corrected chi connectivity index (χ1v) is 6.11. The van der Waals surface area contributed by atoms with Gasteiger partial charge >= 0.3 is 5.97 Å². The van der Waals surface area contributed by atoms with E-state index in [2.05, 4.69) is 9.97 Å². The minimum atomic E-state index is -0.656.